The van der Waals surface area contributed by atoms with Gasteiger partial charge in [-0.15, -0.1) is 0 Å². The van der Waals surface area contributed by atoms with Crippen LogP contribution < -0.4 is 0 Å². The van der Waals surface area contributed by atoms with Crippen LogP contribution in [0.25, 0.3) is 0 Å². The van der Waals surface area contributed by atoms with E-state index in [9.17, 15) is 9.59 Å². The molecule has 1 fully saturated rings. The van der Waals surface area contributed by atoms with Crippen LogP contribution in [0.4, 0.5) is 4.79 Å². The third-order valence-corrected chi connectivity index (χ3v) is 3.82. The van der Waals surface area contributed by atoms with Gasteiger partial charge in [0.2, 0.25) is 5.91 Å². The Hall–Kier alpha value is -1.30. The minimum atomic E-state index is 0.0280. The lowest BCUT2D eigenvalue weighted by molar-refractivity contribution is -0.133. The molecule has 0 aromatic rings. The van der Waals surface area contributed by atoms with Gasteiger partial charge in [-0.2, -0.15) is 0 Å². The number of hydrogen-bond acceptors (Lipinski definition) is 3. The average molecular weight is 284 g/mol. The van der Waals surface area contributed by atoms with Gasteiger partial charge in [-0.05, 0) is 13.1 Å². The van der Waals surface area contributed by atoms with Crippen molar-refractivity contribution >= 4 is 11.9 Å². The molecule has 1 aliphatic rings. The van der Waals surface area contributed by atoms with E-state index in [0.29, 0.717) is 32.6 Å². The van der Waals surface area contributed by atoms with E-state index < -0.39 is 0 Å². The third kappa shape index (κ3) is 4.67. The van der Waals surface area contributed by atoms with E-state index in [1.165, 1.54) is 0 Å². The average Bonchev–Trinajstić information content (AvgIpc) is 2.47. The summed E-state index contributed by atoms with van der Waals surface area (Å²) >= 11 is 0. The minimum Gasteiger partial charge on any atom is -0.339 e. The highest BCUT2D eigenvalue weighted by Gasteiger charge is 2.24. The standard InChI is InChI=1S/C14H28N4O2/c1-5-16(6-2)8-7-13(19)17-9-11-18(12-10-17)14(20)15(3)4/h5-12H2,1-4H3. The van der Waals surface area contributed by atoms with Crippen LogP contribution in [-0.4, -0.2) is 91.4 Å². The lowest BCUT2D eigenvalue weighted by Crippen LogP contribution is -2.53. The number of rotatable bonds is 5. The summed E-state index contributed by atoms with van der Waals surface area (Å²) in [5.74, 6) is 0.203. The zero-order chi connectivity index (χ0) is 15.1. The Bertz CT molecular complexity index is 321. The van der Waals surface area contributed by atoms with E-state index in [4.69, 9.17) is 0 Å². The second-order valence-electron chi connectivity index (χ2n) is 5.32. The molecule has 0 spiro atoms. The summed E-state index contributed by atoms with van der Waals surface area (Å²) in [6.07, 6.45) is 0.573. The molecule has 116 valence electrons. The number of urea groups is 1. The number of piperazine rings is 1. The van der Waals surface area contributed by atoms with Crippen molar-refractivity contribution in [2.45, 2.75) is 20.3 Å². The molecule has 6 nitrogen and oxygen atoms in total. The molecule has 20 heavy (non-hydrogen) atoms. The Kier molecular flexibility index (Phi) is 6.78. The monoisotopic (exact) mass is 284 g/mol. The van der Waals surface area contributed by atoms with E-state index in [2.05, 4.69) is 18.7 Å². The van der Waals surface area contributed by atoms with Crippen LogP contribution in [0.15, 0.2) is 0 Å². The van der Waals surface area contributed by atoms with E-state index in [-0.39, 0.29) is 11.9 Å². The van der Waals surface area contributed by atoms with E-state index in [0.717, 1.165) is 19.6 Å². The molecule has 0 unspecified atom stereocenters. The van der Waals surface area contributed by atoms with Crippen LogP contribution in [-0.2, 0) is 4.79 Å². The quantitative estimate of drug-likeness (QED) is 0.740. The fraction of sp³-hybridized carbons (Fsp3) is 0.857. The highest BCUT2D eigenvalue weighted by molar-refractivity contribution is 5.77. The molecule has 1 aliphatic heterocycles. The summed E-state index contributed by atoms with van der Waals surface area (Å²) < 4.78 is 0. The fourth-order valence-corrected chi connectivity index (χ4v) is 2.38. The van der Waals surface area contributed by atoms with Crippen molar-refractivity contribution in [3.8, 4) is 0 Å². The van der Waals surface area contributed by atoms with Gasteiger partial charge >= 0.3 is 6.03 Å². The molecule has 0 saturated carbocycles. The molecule has 6 heteroatoms. The molecule has 0 aliphatic carbocycles. The Morgan fingerprint density at radius 2 is 1.45 bits per heavy atom. The fourth-order valence-electron chi connectivity index (χ4n) is 2.38. The highest BCUT2D eigenvalue weighted by atomic mass is 16.2. The molecular formula is C14H28N4O2. The van der Waals surface area contributed by atoms with Gasteiger partial charge in [0.05, 0.1) is 0 Å². The first kappa shape index (κ1) is 16.8. The van der Waals surface area contributed by atoms with Gasteiger partial charge in [-0.25, -0.2) is 4.79 Å². The molecule has 0 atom stereocenters. The van der Waals surface area contributed by atoms with Gasteiger partial charge in [0.25, 0.3) is 0 Å². The third-order valence-electron chi connectivity index (χ3n) is 3.82. The number of amides is 3. The van der Waals surface area contributed by atoms with Gasteiger partial charge in [0, 0.05) is 53.2 Å². The summed E-state index contributed by atoms with van der Waals surface area (Å²) in [5, 5.41) is 0. The first-order valence-electron chi connectivity index (χ1n) is 7.45. The predicted molar refractivity (Wildman–Crippen MR) is 79.6 cm³/mol. The number of hydrogen-bond donors (Lipinski definition) is 0. The Labute approximate surface area is 122 Å². The van der Waals surface area contributed by atoms with E-state index >= 15 is 0 Å². The van der Waals surface area contributed by atoms with Crippen LogP contribution in [0.1, 0.15) is 20.3 Å². The maximum absolute atomic E-state index is 12.1. The smallest absolute Gasteiger partial charge is 0.319 e. The first-order valence-corrected chi connectivity index (χ1v) is 7.45. The molecule has 0 aromatic heterocycles. The molecule has 1 heterocycles. The van der Waals surface area contributed by atoms with Crippen molar-refractivity contribution in [3.05, 3.63) is 0 Å². The summed E-state index contributed by atoms with van der Waals surface area (Å²) in [6.45, 7) is 9.57. The van der Waals surface area contributed by atoms with Crippen LogP contribution in [0.5, 0.6) is 0 Å². The van der Waals surface area contributed by atoms with Gasteiger partial charge in [-0.1, -0.05) is 13.8 Å². The first-order chi connectivity index (χ1) is 9.49. The van der Waals surface area contributed by atoms with Crippen molar-refractivity contribution in [2.24, 2.45) is 0 Å². The molecular weight excluding hydrogens is 256 g/mol. The SMILES string of the molecule is CCN(CC)CCC(=O)N1CCN(C(=O)N(C)C)CC1. The maximum atomic E-state index is 12.1. The molecule has 0 aromatic carbocycles. The van der Waals surface area contributed by atoms with Crippen molar-refractivity contribution in [1.82, 2.24) is 19.6 Å². The maximum Gasteiger partial charge on any atom is 0.319 e. The van der Waals surface area contributed by atoms with Crippen molar-refractivity contribution in [1.29, 1.82) is 0 Å². The normalized spacial score (nSPS) is 15.7. The number of carbonyl (C=O) groups excluding carboxylic acids is 2. The topological polar surface area (TPSA) is 47.1 Å². The zero-order valence-electron chi connectivity index (χ0n) is 13.3. The van der Waals surface area contributed by atoms with Crippen LogP contribution in [0.2, 0.25) is 0 Å². The second kappa shape index (κ2) is 8.09. The summed E-state index contributed by atoms with van der Waals surface area (Å²) in [5.41, 5.74) is 0. The predicted octanol–water partition coefficient (Wildman–Crippen LogP) is 0.544. The number of nitrogens with zero attached hydrogens (tertiary/aromatic N) is 4. The van der Waals surface area contributed by atoms with Gasteiger partial charge in [0.1, 0.15) is 0 Å². The van der Waals surface area contributed by atoms with Crippen molar-refractivity contribution < 1.29 is 9.59 Å². The van der Waals surface area contributed by atoms with Crippen LogP contribution >= 0.6 is 0 Å². The van der Waals surface area contributed by atoms with E-state index in [1.807, 2.05) is 4.90 Å². The zero-order valence-corrected chi connectivity index (χ0v) is 13.3. The van der Waals surface area contributed by atoms with Gasteiger partial charge < -0.3 is 19.6 Å². The summed E-state index contributed by atoms with van der Waals surface area (Å²) in [4.78, 5) is 31.5. The molecule has 3 amide bonds. The highest BCUT2D eigenvalue weighted by Crippen LogP contribution is 2.06. The lowest BCUT2D eigenvalue weighted by atomic mass is 10.2. The van der Waals surface area contributed by atoms with Crippen LogP contribution in [0, 0.1) is 0 Å². The molecule has 1 rings (SSSR count). The molecule has 0 bridgehead atoms. The molecule has 0 radical (unpaired) electrons. The summed E-state index contributed by atoms with van der Waals surface area (Å²) in [6, 6.07) is 0.0280. The van der Waals surface area contributed by atoms with Crippen LogP contribution in [0.3, 0.4) is 0 Å². The molecule has 0 N–H and O–H groups in total. The number of carbonyl (C=O) groups is 2. The minimum absolute atomic E-state index is 0.0280. The molecule has 1 saturated heterocycles. The largest absolute Gasteiger partial charge is 0.339 e. The second-order valence-corrected chi connectivity index (χ2v) is 5.32. The Morgan fingerprint density at radius 3 is 1.90 bits per heavy atom. The van der Waals surface area contributed by atoms with E-state index in [1.54, 1.807) is 23.9 Å². The van der Waals surface area contributed by atoms with Crippen molar-refractivity contribution in [2.75, 3.05) is 59.9 Å². The Morgan fingerprint density at radius 1 is 0.950 bits per heavy atom. The summed E-state index contributed by atoms with van der Waals surface area (Å²) in [7, 11) is 3.51. The lowest BCUT2D eigenvalue weighted by Gasteiger charge is -2.36. The van der Waals surface area contributed by atoms with Gasteiger partial charge in [0.15, 0.2) is 0 Å². The van der Waals surface area contributed by atoms with Crippen molar-refractivity contribution in [3.63, 3.8) is 0 Å². The Balaban J connectivity index is 2.34. The van der Waals surface area contributed by atoms with Gasteiger partial charge in [-0.3, -0.25) is 4.79 Å².